The largest absolute Gasteiger partial charge is 0.476 e. The van der Waals surface area contributed by atoms with Gasteiger partial charge >= 0.3 is 0 Å². The van der Waals surface area contributed by atoms with Gasteiger partial charge in [-0.25, -0.2) is 18.7 Å². The van der Waals surface area contributed by atoms with Crippen molar-refractivity contribution < 1.29 is 13.5 Å². The maximum atomic E-state index is 14.1. The highest BCUT2D eigenvalue weighted by Crippen LogP contribution is 2.29. The predicted octanol–water partition coefficient (Wildman–Crippen LogP) is 4.18. The molecule has 5 heteroatoms. The Kier molecular flexibility index (Phi) is 4.13. The smallest absolute Gasteiger partial charge is 0.232 e. The normalized spacial score (nSPS) is 15.0. The van der Waals surface area contributed by atoms with Crippen LogP contribution in [0.5, 0.6) is 5.88 Å². The Morgan fingerprint density at radius 3 is 2.77 bits per heavy atom. The molecule has 1 aliphatic rings. The van der Waals surface area contributed by atoms with Crippen molar-refractivity contribution in [2.45, 2.75) is 19.8 Å². The van der Waals surface area contributed by atoms with Gasteiger partial charge in [0.25, 0.3) is 0 Å². The number of rotatable bonds is 5. The van der Waals surface area contributed by atoms with E-state index in [1.54, 1.807) is 13.0 Å². The third-order valence-electron chi connectivity index (χ3n) is 3.51. The summed E-state index contributed by atoms with van der Waals surface area (Å²) in [6, 6.07) is 4.41. The van der Waals surface area contributed by atoms with Crippen LogP contribution in [-0.2, 0) is 0 Å². The molecule has 1 aromatic carbocycles. The maximum absolute atomic E-state index is 14.1. The average Bonchev–Trinajstić information content (AvgIpc) is 3.34. The molecule has 3 nitrogen and oxygen atoms in total. The van der Waals surface area contributed by atoms with Crippen molar-refractivity contribution in [2.24, 2.45) is 5.92 Å². The molecule has 3 rings (SSSR count). The van der Waals surface area contributed by atoms with Crippen molar-refractivity contribution in [2.75, 3.05) is 6.61 Å². The van der Waals surface area contributed by atoms with Crippen molar-refractivity contribution in [3.8, 4) is 5.88 Å². The second-order valence-electron chi connectivity index (χ2n) is 5.50. The lowest BCUT2D eigenvalue weighted by Crippen LogP contribution is -2.01. The summed E-state index contributed by atoms with van der Waals surface area (Å²) in [5.41, 5.74) is 1.17. The van der Waals surface area contributed by atoms with Gasteiger partial charge in [-0.3, -0.25) is 0 Å². The van der Waals surface area contributed by atoms with E-state index in [-0.39, 0.29) is 11.5 Å². The molecular formula is C17H16F2N2O. The molecule has 0 spiro atoms. The lowest BCUT2D eigenvalue weighted by Gasteiger charge is -2.04. The van der Waals surface area contributed by atoms with Crippen LogP contribution < -0.4 is 4.74 Å². The molecule has 0 N–H and O–H groups in total. The van der Waals surface area contributed by atoms with Crippen LogP contribution in [0.25, 0.3) is 11.9 Å². The number of aromatic nitrogens is 2. The third-order valence-corrected chi connectivity index (χ3v) is 3.51. The molecule has 0 bridgehead atoms. The molecule has 0 saturated heterocycles. The summed E-state index contributed by atoms with van der Waals surface area (Å²) >= 11 is 0. The zero-order valence-electron chi connectivity index (χ0n) is 12.2. The first-order chi connectivity index (χ1) is 10.6. The maximum Gasteiger partial charge on any atom is 0.232 e. The van der Waals surface area contributed by atoms with Crippen molar-refractivity contribution in [1.29, 1.82) is 0 Å². The highest BCUT2D eigenvalue weighted by molar-refractivity contribution is 5.75. The molecule has 0 radical (unpaired) electrons. The molecule has 0 amide bonds. The van der Waals surface area contributed by atoms with Gasteiger partial charge in [-0.1, -0.05) is 6.07 Å². The zero-order chi connectivity index (χ0) is 15.5. The van der Waals surface area contributed by atoms with E-state index in [1.165, 1.54) is 43.4 Å². The molecule has 1 fully saturated rings. The van der Waals surface area contributed by atoms with Crippen LogP contribution in [0.2, 0.25) is 0 Å². The van der Waals surface area contributed by atoms with Gasteiger partial charge in [0.2, 0.25) is 5.88 Å². The van der Waals surface area contributed by atoms with Gasteiger partial charge in [-0.15, -0.1) is 0 Å². The molecule has 22 heavy (non-hydrogen) atoms. The number of nitrogens with zero attached hydrogens (tertiary/aromatic N) is 2. The van der Waals surface area contributed by atoms with Gasteiger partial charge in [0, 0.05) is 0 Å². The van der Waals surface area contributed by atoms with Gasteiger partial charge in [0.15, 0.2) is 5.83 Å². The topological polar surface area (TPSA) is 35.0 Å². The number of ether oxygens (including phenoxy) is 1. The summed E-state index contributed by atoms with van der Waals surface area (Å²) in [7, 11) is 0. The Morgan fingerprint density at radius 2 is 2.14 bits per heavy atom. The SMILES string of the molecule is Cc1cc(/C=C(\F)c2cnc(OCC3CC3)cn2)ccc1F. The molecule has 2 aromatic rings. The van der Waals surface area contributed by atoms with Gasteiger partial charge in [0.05, 0.1) is 19.0 Å². The molecule has 1 saturated carbocycles. The van der Waals surface area contributed by atoms with Gasteiger partial charge in [0.1, 0.15) is 11.5 Å². The Morgan fingerprint density at radius 1 is 1.32 bits per heavy atom. The predicted molar refractivity (Wildman–Crippen MR) is 80.4 cm³/mol. The standard InChI is InChI=1S/C17H16F2N2O/c1-11-6-13(4-5-14(11)18)7-15(19)16-8-21-17(9-20-16)22-10-12-2-3-12/h4-9,12H,2-3,10H2,1H3/b15-7-. The fraction of sp³-hybridized carbons (Fsp3) is 0.294. The van der Waals surface area contributed by atoms with Gasteiger partial charge in [-0.05, 0) is 55.0 Å². The fourth-order valence-electron chi connectivity index (χ4n) is 1.98. The van der Waals surface area contributed by atoms with Gasteiger partial charge < -0.3 is 4.74 Å². The quantitative estimate of drug-likeness (QED) is 0.831. The molecule has 0 atom stereocenters. The Labute approximate surface area is 127 Å². The number of benzene rings is 1. The number of aryl methyl sites for hydroxylation is 1. The molecule has 1 aromatic heterocycles. The number of hydrogen-bond acceptors (Lipinski definition) is 3. The third kappa shape index (κ3) is 3.67. The molecule has 114 valence electrons. The zero-order valence-corrected chi connectivity index (χ0v) is 12.2. The van der Waals surface area contributed by atoms with E-state index >= 15 is 0 Å². The molecule has 1 aliphatic carbocycles. The minimum atomic E-state index is -0.521. The molecule has 1 heterocycles. The van der Waals surface area contributed by atoms with Crippen molar-refractivity contribution in [1.82, 2.24) is 9.97 Å². The summed E-state index contributed by atoms with van der Waals surface area (Å²) in [5, 5.41) is 0. The number of hydrogen-bond donors (Lipinski definition) is 0. The minimum absolute atomic E-state index is 0.126. The average molecular weight is 302 g/mol. The van der Waals surface area contributed by atoms with E-state index in [2.05, 4.69) is 9.97 Å². The first-order valence-corrected chi connectivity index (χ1v) is 7.20. The van der Waals surface area contributed by atoms with E-state index in [1.807, 2.05) is 0 Å². The summed E-state index contributed by atoms with van der Waals surface area (Å²) in [4.78, 5) is 8.06. The first kappa shape index (κ1) is 14.6. The van der Waals surface area contributed by atoms with Crippen LogP contribution in [0.15, 0.2) is 30.6 Å². The second kappa shape index (κ2) is 6.22. The van der Waals surface area contributed by atoms with E-state index in [0.717, 1.165) is 0 Å². The van der Waals surface area contributed by atoms with Crippen LogP contribution in [-0.4, -0.2) is 16.6 Å². The lowest BCUT2D eigenvalue weighted by molar-refractivity contribution is 0.287. The summed E-state index contributed by atoms with van der Waals surface area (Å²) < 4.78 is 32.8. The molecular weight excluding hydrogens is 286 g/mol. The monoisotopic (exact) mass is 302 g/mol. The minimum Gasteiger partial charge on any atom is -0.476 e. The molecule has 0 unspecified atom stereocenters. The van der Waals surface area contributed by atoms with E-state index in [4.69, 9.17) is 4.74 Å². The van der Waals surface area contributed by atoms with Crippen LogP contribution >= 0.6 is 0 Å². The van der Waals surface area contributed by atoms with E-state index < -0.39 is 5.83 Å². The second-order valence-corrected chi connectivity index (χ2v) is 5.50. The lowest BCUT2D eigenvalue weighted by atomic mass is 10.1. The van der Waals surface area contributed by atoms with Gasteiger partial charge in [-0.2, -0.15) is 0 Å². The Balaban J connectivity index is 1.71. The van der Waals surface area contributed by atoms with Crippen LogP contribution in [0.1, 0.15) is 29.7 Å². The highest BCUT2D eigenvalue weighted by atomic mass is 19.1. The Bertz CT molecular complexity index is 694. The first-order valence-electron chi connectivity index (χ1n) is 7.20. The highest BCUT2D eigenvalue weighted by Gasteiger charge is 2.22. The van der Waals surface area contributed by atoms with Crippen molar-refractivity contribution >= 4 is 11.9 Å². The van der Waals surface area contributed by atoms with Crippen LogP contribution in [0.4, 0.5) is 8.78 Å². The Hall–Kier alpha value is -2.30. The summed E-state index contributed by atoms with van der Waals surface area (Å²) in [6.45, 7) is 2.28. The fourth-order valence-corrected chi connectivity index (χ4v) is 1.98. The van der Waals surface area contributed by atoms with Crippen molar-refractivity contribution in [3.63, 3.8) is 0 Å². The van der Waals surface area contributed by atoms with Crippen LogP contribution in [0.3, 0.4) is 0 Å². The summed E-state index contributed by atoms with van der Waals surface area (Å²) in [6.07, 6.45) is 6.45. The number of halogens is 2. The molecule has 0 aliphatic heterocycles. The van der Waals surface area contributed by atoms with Crippen LogP contribution in [0, 0.1) is 18.7 Å². The van der Waals surface area contributed by atoms with Crippen molar-refractivity contribution in [3.05, 3.63) is 53.2 Å². The summed E-state index contributed by atoms with van der Waals surface area (Å²) in [5.74, 6) is 0.197. The van der Waals surface area contributed by atoms with E-state index in [9.17, 15) is 8.78 Å². The van der Waals surface area contributed by atoms with E-state index in [0.29, 0.717) is 29.5 Å².